The van der Waals surface area contributed by atoms with E-state index in [1.54, 1.807) is 12.3 Å². The highest BCUT2D eigenvalue weighted by molar-refractivity contribution is 6.06. The molecule has 2 aromatic rings. The molecule has 2 rings (SSSR count). The number of aryl methyl sites for hydroxylation is 1. The molecule has 0 saturated carbocycles. The average molecular weight is 287 g/mol. The highest BCUT2D eigenvalue weighted by atomic mass is 16.5. The van der Waals surface area contributed by atoms with E-state index in [4.69, 9.17) is 4.74 Å². The molecule has 0 aliphatic heterocycles. The third-order valence-corrected chi connectivity index (χ3v) is 3.06. The first-order chi connectivity index (χ1) is 10.3. The third kappa shape index (κ3) is 3.84. The van der Waals surface area contributed by atoms with Gasteiger partial charge in [0.05, 0.1) is 29.7 Å². The van der Waals surface area contributed by atoms with E-state index in [-0.39, 0.29) is 5.91 Å². The number of carbonyl (C=O) groups is 1. The van der Waals surface area contributed by atoms with Crippen molar-refractivity contribution in [3.63, 3.8) is 0 Å². The molecule has 112 valence electrons. The molecule has 0 fully saturated rings. The maximum atomic E-state index is 12.4. The molecule has 0 bridgehead atoms. The normalized spacial score (nSPS) is 10.4. The van der Waals surface area contributed by atoms with Crippen molar-refractivity contribution in [2.75, 3.05) is 11.9 Å². The van der Waals surface area contributed by atoms with E-state index in [2.05, 4.69) is 22.4 Å². The lowest BCUT2D eigenvalue weighted by molar-refractivity contribution is 0.102. The number of rotatable bonds is 7. The molecule has 0 unspecified atom stereocenters. The van der Waals surface area contributed by atoms with Crippen LogP contribution in [0.25, 0.3) is 0 Å². The molecular formula is C16H21N3O2. The van der Waals surface area contributed by atoms with Crippen molar-refractivity contribution in [2.45, 2.75) is 33.1 Å². The zero-order valence-corrected chi connectivity index (χ0v) is 12.5. The van der Waals surface area contributed by atoms with Gasteiger partial charge in [-0.15, -0.1) is 0 Å². The van der Waals surface area contributed by atoms with Crippen molar-refractivity contribution in [1.29, 1.82) is 0 Å². The standard InChI is InChI=1S/C16H21N3O2/c1-3-7-13-14(11-17-19-13)18-16(20)12-8-5-6-9-15(12)21-10-4-2/h5-6,8-9,11H,3-4,7,10H2,1-2H3,(H,17,19)(H,18,20). The Labute approximate surface area is 124 Å². The maximum absolute atomic E-state index is 12.4. The van der Waals surface area contributed by atoms with Gasteiger partial charge in [-0.25, -0.2) is 0 Å². The minimum Gasteiger partial charge on any atom is -0.493 e. The highest BCUT2D eigenvalue weighted by Gasteiger charge is 2.14. The van der Waals surface area contributed by atoms with E-state index >= 15 is 0 Å². The number of para-hydroxylation sites is 1. The first-order valence-corrected chi connectivity index (χ1v) is 7.31. The Morgan fingerprint density at radius 1 is 1.29 bits per heavy atom. The molecule has 1 aromatic heterocycles. The van der Waals surface area contributed by atoms with Gasteiger partial charge >= 0.3 is 0 Å². The van der Waals surface area contributed by atoms with Crippen molar-refractivity contribution in [2.24, 2.45) is 0 Å². The van der Waals surface area contributed by atoms with Gasteiger partial charge in [-0.3, -0.25) is 9.89 Å². The number of nitrogens with one attached hydrogen (secondary N) is 2. The Bertz CT molecular complexity index is 593. The second kappa shape index (κ2) is 7.47. The quantitative estimate of drug-likeness (QED) is 0.820. The lowest BCUT2D eigenvalue weighted by atomic mass is 10.1. The summed E-state index contributed by atoms with van der Waals surface area (Å²) < 4.78 is 5.62. The van der Waals surface area contributed by atoms with Crippen LogP contribution in [0.4, 0.5) is 5.69 Å². The smallest absolute Gasteiger partial charge is 0.259 e. The van der Waals surface area contributed by atoms with Crippen molar-refractivity contribution < 1.29 is 9.53 Å². The van der Waals surface area contributed by atoms with Gasteiger partial charge in [0, 0.05) is 0 Å². The number of carbonyl (C=O) groups excluding carboxylic acids is 1. The molecule has 0 saturated heterocycles. The summed E-state index contributed by atoms with van der Waals surface area (Å²) in [6, 6.07) is 7.27. The van der Waals surface area contributed by atoms with E-state index in [9.17, 15) is 4.79 Å². The number of ether oxygens (including phenoxy) is 1. The van der Waals surface area contributed by atoms with Gasteiger partial charge in [0.25, 0.3) is 5.91 Å². The van der Waals surface area contributed by atoms with Gasteiger partial charge in [0.1, 0.15) is 5.75 Å². The van der Waals surface area contributed by atoms with Crippen LogP contribution in [0.3, 0.4) is 0 Å². The molecule has 0 spiro atoms. The molecule has 1 aromatic carbocycles. The zero-order valence-electron chi connectivity index (χ0n) is 12.5. The van der Waals surface area contributed by atoms with Crippen LogP contribution in [0.15, 0.2) is 30.5 Å². The number of hydrogen-bond donors (Lipinski definition) is 2. The highest BCUT2D eigenvalue weighted by Crippen LogP contribution is 2.21. The number of aromatic nitrogens is 2. The molecule has 5 heteroatoms. The Morgan fingerprint density at radius 3 is 2.86 bits per heavy atom. The van der Waals surface area contributed by atoms with Crippen molar-refractivity contribution in [3.05, 3.63) is 41.7 Å². The lowest BCUT2D eigenvalue weighted by Crippen LogP contribution is -2.14. The Hall–Kier alpha value is -2.30. The summed E-state index contributed by atoms with van der Waals surface area (Å²) in [6.07, 6.45) is 4.38. The van der Waals surface area contributed by atoms with Gasteiger partial charge in [-0.1, -0.05) is 32.4 Å². The average Bonchev–Trinajstić information content (AvgIpc) is 2.93. The molecule has 0 radical (unpaired) electrons. The molecule has 21 heavy (non-hydrogen) atoms. The molecule has 0 aliphatic carbocycles. The van der Waals surface area contributed by atoms with E-state index in [0.29, 0.717) is 17.9 Å². The number of nitrogens with zero attached hydrogens (tertiary/aromatic N) is 1. The molecule has 1 heterocycles. The van der Waals surface area contributed by atoms with E-state index in [0.717, 1.165) is 30.6 Å². The van der Waals surface area contributed by atoms with Gasteiger partial charge in [-0.05, 0) is 25.0 Å². The fraction of sp³-hybridized carbons (Fsp3) is 0.375. The molecule has 0 aliphatic rings. The van der Waals surface area contributed by atoms with Crippen molar-refractivity contribution in [3.8, 4) is 5.75 Å². The van der Waals surface area contributed by atoms with E-state index in [1.165, 1.54) is 0 Å². The number of benzene rings is 1. The maximum Gasteiger partial charge on any atom is 0.259 e. The number of anilines is 1. The van der Waals surface area contributed by atoms with Crippen LogP contribution >= 0.6 is 0 Å². The number of aromatic amines is 1. The summed E-state index contributed by atoms with van der Waals surface area (Å²) in [7, 11) is 0. The summed E-state index contributed by atoms with van der Waals surface area (Å²) in [5, 5.41) is 9.80. The molecule has 2 N–H and O–H groups in total. The number of hydrogen-bond acceptors (Lipinski definition) is 3. The second-order valence-electron chi connectivity index (χ2n) is 4.81. The third-order valence-electron chi connectivity index (χ3n) is 3.06. The van der Waals surface area contributed by atoms with Crippen LogP contribution in [-0.2, 0) is 6.42 Å². The minimum absolute atomic E-state index is 0.180. The fourth-order valence-corrected chi connectivity index (χ4v) is 2.04. The van der Waals surface area contributed by atoms with Gasteiger partial charge in [0.15, 0.2) is 0 Å². The zero-order chi connectivity index (χ0) is 15.1. The topological polar surface area (TPSA) is 67.0 Å². The molecular weight excluding hydrogens is 266 g/mol. The van der Waals surface area contributed by atoms with Gasteiger partial charge < -0.3 is 10.1 Å². The van der Waals surface area contributed by atoms with Crippen LogP contribution in [0, 0.1) is 0 Å². The van der Waals surface area contributed by atoms with E-state index in [1.807, 2.05) is 25.1 Å². The Morgan fingerprint density at radius 2 is 2.10 bits per heavy atom. The predicted molar refractivity (Wildman–Crippen MR) is 82.8 cm³/mol. The van der Waals surface area contributed by atoms with Crippen molar-refractivity contribution >= 4 is 11.6 Å². The summed E-state index contributed by atoms with van der Waals surface area (Å²) in [4.78, 5) is 12.4. The largest absolute Gasteiger partial charge is 0.493 e. The SMILES string of the molecule is CCCOc1ccccc1C(=O)Nc1cn[nH]c1CCC. The van der Waals surface area contributed by atoms with Gasteiger partial charge in [-0.2, -0.15) is 5.10 Å². The lowest BCUT2D eigenvalue weighted by Gasteiger charge is -2.11. The van der Waals surface area contributed by atoms with Crippen LogP contribution in [0.1, 0.15) is 42.7 Å². The van der Waals surface area contributed by atoms with Crippen LogP contribution < -0.4 is 10.1 Å². The first kappa shape index (κ1) is 15.1. The Balaban J connectivity index is 2.14. The van der Waals surface area contributed by atoms with Crippen LogP contribution in [0.5, 0.6) is 5.75 Å². The summed E-state index contributed by atoms with van der Waals surface area (Å²) in [5.74, 6) is 0.429. The van der Waals surface area contributed by atoms with Crippen LogP contribution in [0.2, 0.25) is 0 Å². The second-order valence-corrected chi connectivity index (χ2v) is 4.81. The Kier molecular flexibility index (Phi) is 5.37. The van der Waals surface area contributed by atoms with Crippen molar-refractivity contribution in [1.82, 2.24) is 10.2 Å². The monoisotopic (exact) mass is 287 g/mol. The van der Waals surface area contributed by atoms with Crippen LogP contribution in [-0.4, -0.2) is 22.7 Å². The molecule has 0 atom stereocenters. The number of amides is 1. The summed E-state index contributed by atoms with van der Waals surface area (Å²) >= 11 is 0. The molecule has 1 amide bonds. The summed E-state index contributed by atoms with van der Waals surface area (Å²) in [6.45, 7) is 4.71. The van der Waals surface area contributed by atoms with E-state index < -0.39 is 0 Å². The van der Waals surface area contributed by atoms with Gasteiger partial charge in [0.2, 0.25) is 0 Å². The molecule has 5 nitrogen and oxygen atoms in total. The summed E-state index contributed by atoms with van der Waals surface area (Å²) in [5.41, 5.74) is 2.21. The fourth-order valence-electron chi connectivity index (χ4n) is 2.04. The number of H-pyrrole nitrogens is 1. The minimum atomic E-state index is -0.180. The predicted octanol–water partition coefficient (Wildman–Crippen LogP) is 3.40. The first-order valence-electron chi connectivity index (χ1n) is 7.31.